The molecule has 0 aliphatic carbocycles. The molecule has 1 aromatic carbocycles. The molecule has 0 radical (unpaired) electrons. The predicted molar refractivity (Wildman–Crippen MR) is 76.0 cm³/mol. The molecule has 0 saturated carbocycles. The van der Waals surface area contributed by atoms with Crippen LogP contribution in [0.4, 0.5) is 11.4 Å². The second kappa shape index (κ2) is 5.02. The van der Waals surface area contributed by atoms with Gasteiger partial charge in [-0.25, -0.2) is 8.42 Å². The summed E-state index contributed by atoms with van der Waals surface area (Å²) in [4.78, 5) is 11.1. The van der Waals surface area contributed by atoms with Crippen LogP contribution in [-0.2, 0) is 10.0 Å². The average molecular weight is 296 g/mol. The van der Waals surface area contributed by atoms with Crippen LogP contribution in [-0.4, -0.2) is 14.2 Å². The molecule has 2 rings (SSSR count). The largest absolute Gasteiger partial charge is 0.398 e. The first kappa shape index (κ1) is 13.6. The van der Waals surface area contributed by atoms with Crippen LogP contribution < -0.4 is 10.5 Å². The highest BCUT2D eigenvalue weighted by molar-refractivity contribution is 7.94. The van der Waals surface area contributed by atoms with E-state index in [-0.39, 0.29) is 9.99 Å². The topological polar surface area (TPSA) is 89.3 Å². The molecule has 0 unspecified atom stereocenters. The lowest BCUT2D eigenvalue weighted by Crippen LogP contribution is -2.11. The molecule has 0 spiro atoms. The Morgan fingerprint density at radius 2 is 1.89 bits per heavy atom. The summed E-state index contributed by atoms with van der Waals surface area (Å²) in [7, 11) is -3.62. The Balaban J connectivity index is 2.23. The van der Waals surface area contributed by atoms with Gasteiger partial charge in [-0.3, -0.25) is 9.52 Å². The number of nitrogens with one attached hydrogen (secondary N) is 1. The van der Waals surface area contributed by atoms with Crippen molar-refractivity contribution >= 4 is 38.5 Å². The van der Waals surface area contributed by atoms with E-state index in [1.807, 2.05) is 0 Å². The smallest absolute Gasteiger partial charge is 0.271 e. The molecule has 0 amide bonds. The second-order valence-corrected chi connectivity index (χ2v) is 6.76. The lowest BCUT2D eigenvalue weighted by atomic mass is 10.1. The maximum absolute atomic E-state index is 12.0. The first-order valence-corrected chi connectivity index (χ1v) is 7.72. The zero-order valence-corrected chi connectivity index (χ0v) is 11.7. The molecule has 0 aliphatic heterocycles. The maximum atomic E-state index is 12.0. The Hall–Kier alpha value is -1.86. The standard InChI is InChI=1S/C12H12N2O3S2/c1-8(15)9-2-4-11(5-3-9)14-19(16,17)12-6-10(13)7-18-12/h2-7,14H,13H2,1H3. The number of nitrogen functional groups attached to an aromatic ring is 1. The molecule has 0 saturated heterocycles. The molecule has 100 valence electrons. The summed E-state index contributed by atoms with van der Waals surface area (Å²) in [5, 5.41) is 1.56. The van der Waals surface area contributed by atoms with E-state index in [4.69, 9.17) is 5.73 Å². The van der Waals surface area contributed by atoms with E-state index in [1.54, 1.807) is 29.6 Å². The number of hydrogen-bond acceptors (Lipinski definition) is 5. The van der Waals surface area contributed by atoms with Gasteiger partial charge in [-0.1, -0.05) is 0 Å². The lowest BCUT2D eigenvalue weighted by molar-refractivity contribution is 0.101. The molecular weight excluding hydrogens is 284 g/mol. The Bertz CT molecular complexity index is 703. The molecule has 19 heavy (non-hydrogen) atoms. The van der Waals surface area contributed by atoms with Crippen molar-refractivity contribution in [2.24, 2.45) is 0 Å². The number of anilines is 2. The van der Waals surface area contributed by atoms with Crippen molar-refractivity contribution in [3.8, 4) is 0 Å². The highest BCUT2D eigenvalue weighted by Crippen LogP contribution is 2.24. The molecule has 1 aromatic heterocycles. The summed E-state index contributed by atoms with van der Waals surface area (Å²) in [6.07, 6.45) is 0. The van der Waals surface area contributed by atoms with Crippen LogP contribution in [0.2, 0.25) is 0 Å². The summed E-state index contributed by atoms with van der Waals surface area (Å²) in [6.45, 7) is 1.45. The molecule has 0 fully saturated rings. The number of carbonyl (C=O) groups is 1. The first-order chi connectivity index (χ1) is 8.88. The van der Waals surface area contributed by atoms with Gasteiger partial charge in [0.25, 0.3) is 10.0 Å². The number of hydrogen-bond donors (Lipinski definition) is 2. The van der Waals surface area contributed by atoms with Crippen molar-refractivity contribution in [2.45, 2.75) is 11.1 Å². The normalized spacial score (nSPS) is 11.2. The summed E-state index contributed by atoms with van der Waals surface area (Å²) in [6, 6.07) is 7.64. The molecule has 0 bridgehead atoms. The fraction of sp³-hybridized carbons (Fsp3) is 0.0833. The third-order valence-electron chi connectivity index (χ3n) is 2.40. The molecule has 0 aliphatic rings. The highest BCUT2D eigenvalue weighted by Gasteiger charge is 2.16. The van der Waals surface area contributed by atoms with Gasteiger partial charge < -0.3 is 5.73 Å². The maximum Gasteiger partial charge on any atom is 0.271 e. The van der Waals surface area contributed by atoms with E-state index in [0.29, 0.717) is 16.9 Å². The Morgan fingerprint density at radius 3 is 2.37 bits per heavy atom. The number of rotatable bonds is 4. The van der Waals surface area contributed by atoms with E-state index in [0.717, 1.165) is 11.3 Å². The number of ketones is 1. The fourth-order valence-electron chi connectivity index (χ4n) is 1.45. The van der Waals surface area contributed by atoms with Crippen LogP contribution in [0.25, 0.3) is 0 Å². The van der Waals surface area contributed by atoms with Gasteiger partial charge in [0.2, 0.25) is 0 Å². The van der Waals surface area contributed by atoms with Gasteiger partial charge in [0.15, 0.2) is 5.78 Å². The van der Waals surface area contributed by atoms with Crippen molar-refractivity contribution in [1.29, 1.82) is 0 Å². The van der Waals surface area contributed by atoms with Crippen LogP contribution in [0.15, 0.2) is 39.9 Å². The van der Waals surface area contributed by atoms with Crippen molar-refractivity contribution in [1.82, 2.24) is 0 Å². The monoisotopic (exact) mass is 296 g/mol. The minimum atomic E-state index is -3.62. The Morgan fingerprint density at radius 1 is 1.26 bits per heavy atom. The van der Waals surface area contributed by atoms with Crippen molar-refractivity contribution in [3.05, 3.63) is 41.3 Å². The van der Waals surface area contributed by atoms with Crippen LogP contribution in [0.3, 0.4) is 0 Å². The predicted octanol–water partition coefficient (Wildman–Crippen LogP) is 2.33. The van der Waals surface area contributed by atoms with Crippen LogP contribution in [0.5, 0.6) is 0 Å². The van der Waals surface area contributed by atoms with Crippen molar-refractivity contribution in [2.75, 3.05) is 10.5 Å². The van der Waals surface area contributed by atoms with E-state index in [1.165, 1.54) is 13.0 Å². The number of nitrogens with two attached hydrogens (primary N) is 1. The minimum Gasteiger partial charge on any atom is -0.398 e. The number of carbonyl (C=O) groups excluding carboxylic acids is 1. The van der Waals surface area contributed by atoms with E-state index < -0.39 is 10.0 Å². The van der Waals surface area contributed by atoms with Crippen LogP contribution >= 0.6 is 11.3 Å². The van der Waals surface area contributed by atoms with Crippen LogP contribution in [0, 0.1) is 0 Å². The lowest BCUT2D eigenvalue weighted by Gasteiger charge is -2.06. The quantitative estimate of drug-likeness (QED) is 0.847. The van der Waals surface area contributed by atoms with Crippen molar-refractivity contribution in [3.63, 3.8) is 0 Å². The molecule has 3 N–H and O–H groups in total. The zero-order chi connectivity index (χ0) is 14.0. The number of Topliss-reactive ketones (excluding diaryl/α,β-unsaturated/α-hetero) is 1. The van der Waals surface area contributed by atoms with Crippen LogP contribution in [0.1, 0.15) is 17.3 Å². The summed E-state index contributed by atoms with van der Waals surface area (Å²) < 4.78 is 26.6. The number of sulfonamides is 1. The zero-order valence-electron chi connectivity index (χ0n) is 10.1. The van der Waals surface area contributed by atoms with Gasteiger partial charge >= 0.3 is 0 Å². The van der Waals surface area contributed by atoms with Gasteiger partial charge in [-0.05, 0) is 37.3 Å². The summed E-state index contributed by atoms with van der Waals surface area (Å²) in [5.41, 5.74) is 6.85. The molecular formula is C12H12N2O3S2. The van der Waals surface area contributed by atoms with Gasteiger partial charge in [-0.2, -0.15) is 0 Å². The van der Waals surface area contributed by atoms with E-state index >= 15 is 0 Å². The van der Waals surface area contributed by atoms with E-state index in [2.05, 4.69) is 4.72 Å². The summed E-state index contributed by atoms with van der Waals surface area (Å²) in [5.74, 6) is -0.0690. The molecule has 7 heteroatoms. The number of benzene rings is 1. The Labute approximate surface area is 115 Å². The molecule has 2 aromatic rings. The Kier molecular flexibility index (Phi) is 3.59. The van der Waals surface area contributed by atoms with Crippen molar-refractivity contribution < 1.29 is 13.2 Å². The molecule has 0 atom stereocenters. The molecule has 1 heterocycles. The van der Waals surface area contributed by atoms with E-state index in [9.17, 15) is 13.2 Å². The van der Waals surface area contributed by atoms with Gasteiger partial charge in [0.1, 0.15) is 4.21 Å². The SMILES string of the molecule is CC(=O)c1ccc(NS(=O)(=O)c2cc(N)cs2)cc1. The third-order valence-corrected chi connectivity index (χ3v) is 5.24. The third kappa shape index (κ3) is 3.12. The average Bonchev–Trinajstić information content (AvgIpc) is 2.77. The molecule has 5 nitrogen and oxygen atoms in total. The minimum absolute atomic E-state index is 0.0690. The fourth-order valence-corrected chi connectivity index (χ4v) is 3.59. The van der Waals surface area contributed by atoms with Gasteiger partial charge in [-0.15, -0.1) is 11.3 Å². The second-order valence-electron chi connectivity index (χ2n) is 3.94. The summed E-state index contributed by atoms with van der Waals surface area (Å²) >= 11 is 1.05. The first-order valence-electron chi connectivity index (χ1n) is 5.36. The number of thiophene rings is 1. The highest BCUT2D eigenvalue weighted by atomic mass is 32.2. The van der Waals surface area contributed by atoms with Gasteiger partial charge in [0.05, 0.1) is 0 Å². The van der Waals surface area contributed by atoms with Gasteiger partial charge in [0, 0.05) is 22.3 Å².